The Hall–Kier alpha value is -3.54. The summed E-state index contributed by atoms with van der Waals surface area (Å²) in [6.07, 6.45) is 0.691. The van der Waals surface area contributed by atoms with Crippen LogP contribution in [0.4, 0.5) is 0 Å². The second-order valence-corrected chi connectivity index (χ2v) is 7.56. The first-order chi connectivity index (χ1) is 15.0. The monoisotopic (exact) mass is 420 g/mol. The molecule has 3 aromatic rings. The van der Waals surface area contributed by atoms with E-state index in [1.807, 2.05) is 62.4 Å². The molecule has 0 heterocycles. The Morgan fingerprint density at radius 2 is 1.65 bits per heavy atom. The van der Waals surface area contributed by atoms with E-state index in [1.54, 1.807) is 19.2 Å². The molecule has 2 amide bonds. The summed E-state index contributed by atoms with van der Waals surface area (Å²) in [5, 5.41) is 7.61. The van der Waals surface area contributed by atoms with E-state index in [-0.39, 0.29) is 24.5 Å². The number of hydrogen-bond donors (Lipinski definition) is 2. The number of nitrogens with one attached hydrogen (secondary N) is 2. The van der Waals surface area contributed by atoms with Gasteiger partial charge in [0, 0.05) is 12.6 Å². The molecule has 162 valence electrons. The van der Waals surface area contributed by atoms with Crippen LogP contribution < -0.4 is 20.1 Å². The molecule has 0 atom stereocenters. The third-order valence-electron chi connectivity index (χ3n) is 4.76. The van der Waals surface area contributed by atoms with Crippen LogP contribution in [0.3, 0.4) is 0 Å². The SMILES string of the molecule is COc1ccc(CCNC(=O)c2cc3ccccc3cc2OCC(=O)NC(C)C)cc1. The number of carbonyl (C=O) groups excluding carboxylic acids is 2. The van der Waals surface area contributed by atoms with Crippen LogP contribution in [0.25, 0.3) is 10.8 Å². The molecule has 0 unspecified atom stereocenters. The van der Waals surface area contributed by atoms with E-state index < -0.39 is 0 Å². The maximum absolute atomic E-state index is 12.9. The van der Waals surface area contributed by atoms with E-state index in [0.29, 0.717) is 24.3 Å². The molecule has 0 radical (unpaired) electrons. The van der Waals surface area contributed by atoms with Crippen LogP contribution in [0, 0.1) is 0 Å². The van der Waals surface area contributed by atoms with Gasteiger partial charge < -0.3 is 20.1 Å². The Bertz CT molecular complexity index is 1050. The average Bonchev–Trinajstić information content (AvgIpc) is 2.77. The van der Waals surface area contributed by atoms with Crippen LogP contribution in [0.15, 0.2) is 60.7 Å². The van der Waals surface area contributed by atoms with Gasteiger partial charge in [-0.15, -0.1) is 0 Å². The van der Waals surface area contributed by atoms with Crippen molar-refractivity contribution in [2.75, 3.05) is 20.3 Å². The molecule has 0 aliphatic heterocycles. The van der Waals surface area contributed by atoms with E-state index in [2.05, 4.69) is 10.6 Å². The van der Waals surface area contributed by atoms with Crippen molar-refractivity contribution in [3.05, 3.63) is 71.8 Å². The molecule has 0 bridgehead atoms. The molecule has 3 rings (SSSR count). The third-order valence-corrected chi connectivity index (χ3v) is 4.76. The average molecular weight is 421 g/mol. The highest BCUT2D eigenvalue weighted by molar-refractivity contribution is 6.01. The van der Waals surface area contributed by atoms with Gasteiger partial charge in [0.25, 0.3) is 11.8 Å². The second-order valence-electron chi connectivity index (χ2n) is 7.56. The van der Waals surface area contributed by atoms with Gasteiger partial charge in [0.05, 0.1) is 12.7 Å². The number of benzene rings is 3. The summed E-state index contributed by atoms with van der Waals surface area (Å²) in [6.45, 7) is 4.10. The molecule has 0 saturated carbocycles. The van der Waals surface area contributed by atoms with Crippen molar-refractivity contribution in [1.29, 1.82) is 0 Å². The van der Waals surface area contributed by atoms with Gasteiger partial charge in [-0.3, -0.25) is 9.59 Å². The molecule has 31 heavy (non-hydrogen) atoms. The molecule has 2 N–H and O–H groups in total. The summed E-state index contributed by atoms with van der Waals surface area (Å²) in [7, 11) is 1.63. The minimum atomic E-state index is -0.237. The van der Waals surface area contributed by atoms with E-state index in [1.165, 1.54) is 0 Å². The topological polar surface area (TPSA) is 76.7 Å². The van der Waals surface area contributed by atoms with Crippen LogP contribution in [-0.4, -0.2) is 38.1 Å². The maximum atomic E-state index is 12.9. The highest BCUT2D eigenvalue weighted by Crippen LogP contribution is 2.26. The van der Waals surface area contributed by atoms with Gasteiger partial charge in [-0.2, -0.15) is 0 Å². The Kier molecular flexibility index (Phi) is 7.49. The van der Waals surface area contributed by atoms with E-state index in [4.69, 9.17) is 9.47 Å². The Morgan fingerprint density at radius 3 is 2.29 bits per heavy atom. The van der Waals surface area contributed by atoms with E-state index >= 15 is 0 Å². The first-order valence-electron chi connectivity index (χ1n) is 10.3. The van der Waals surface area contributed by atoms with Crippen molar-refractivity contribution in [3.63, 3.8) is 0 Å². The largest absolute Gasteiger partial charge is 0.497 e. The predicted octanol–water partition coefficient (Wildman–Crippen LogP) is 3.72. The molecule has 0 fully saturated rings. The first-order valence-corrected chi connectivity index (χ1v) is 10.3. The summed E-state index contributed by atoms with van der Waals surface area (Å²) in [4.78, 5) is 24.9. The normalized spacial score (nSPS) is 10.7. The lowest BCUT2D eigenvalue weighted by Crippen LogP contribution is -2.34. The van der Waals surface area contributed by atoms with Gasteiger partial charge in [-0.25, -0.2) is 0 Å². The van der Waals surface area contributed by atoms with Gasteiger partial charge in [-0.05, 0) is 60.9 Å². The number of hydrogen-bond acceptors (Lipinski definition) is 4. The molecular weight excluding hydrogens is 392 g/mol. The highest BCUT2D eigenvalue weighted by atomic mass is 16.5. The van der Waals surface area contributed by atoms with E-state index in [9.17, 15) is 9.59 Å². The van der Waals surface area contributed by atoms with E-state index in [0.717, 1.165) is 22.1 Å². The van der Waals surface area contributed by atoms with Gasteiger partial charge in [-0.1, -0.05) is 36.4 Å². The van der Waals surface area contributed by atoms with Crippen molar-refractivity contribution in [2.45, 2.75) is 26.3 Å². The number of amides is 2. The molecule has 0 saturated heterocycles. The van der Waals surface area contributed by atoms with Crippen molar-refractivity contribution in [3.8, 4) is 11.5 Å². The number of carbonyl (C=O) groups is 2. The molecule has 6 heteroatoms. The van der Waals surface area contributed by atoms with Crippen molar-refractivity contribution in [2.24, 2.45) is 0 Å². The number of ether oxygens (including phenoxy) is 2. The fourth-order valence-electron chi connectivity index (χ4n) is 3.23. The zero-order valence-corrected chi connectivity index (χ0v) is 18.1. The van der Waals surface area contributed by atoms with Gasteiger partial charge in [0.1, 0.15) is 11.5 Å². The van der Waals surface area contributed by atoms with Crippen LogP contribution in [0.2, 0.25) is 0 Å². The molecule has 0 aliphatic rings. The maximum Gasteiger partial charge on any atom is 0.258 e. The van der Waals surface area contributed by atoms with Crippen LogP contribution in [0.1, 0.15) is 29.8 Å². The van der Waals surface area contributed by atoms with Gasteiger partial charge in [0.2, 0.25) is 0 Å². The Labute approximate surface area is 182 Å². The standard InChI is InChI=1S/C25H28N2O4/c1-17(2)27-24(28)16-31-23-15-20-7-5-4-6-19(20)14-22(23)25(29)26-13-12-18-8-10-21(30-3)11-9-18/h4-11,14-15,17H,12-13,16H2,1-3H3,(H,26,29)(H,27,28). The lowest BCUT2D eigenvalue weighted by Gasteiger charge is -2.14. The Balaban J connectivity index is 1.71. The first kappa shape index (κ1) is 22.2. The number of rotatable bonds is 9. The van der Waals surface area contributed by atoms with Crippen molar-refractivity contribution in [1.82, 2.24) is 10.6 Å². The quantitative estimate of drug-likeness (QED) is 0.553. The zero-order valence-electron chi connectivity index (χ0n) is 18.1. The minimum absolute atomic E-state index is 0.0217. The summed E-state index contributed by atoms with van der Waals surface area (Å²) in [5.74, 6) is 0.722. The molecule has 0 aromatic heterocycles. The highest BCUT2D eigenvalue weighted by Gasteiger charge is 2.15. The smallest absolute Gasteiger partial charge is 0.258 e. The fourth-order valence-corrected chi connectivity index (χ4v) is 3.23. The predicted molar refractivity (Wildman–Crippen MR) is 122 cm³/mol. The molecule has 0 spiro atoms. The summed E-state index contributed by atoms with van der Waals surface area (Å²) in [6, 6.07) is 19.1. The van der Waals surface area contributed by atoms with Crippen molar-refractivity contribution >= 4 is 22.6 Å². The molecule has 6 nitrogen and oxygen atoms in total. The molecule has 0 aliphatic carbocycles. The van der Waals surface area contributed by atoms with Crippen LogP contribution in [-0.2, 0) is 11.2 Å². The minimum Gasteiger partial charge on any atom is -0.497 e. The number of fused-ring (bicyclic) bond motifs is 1. The lowest BCUT2D eigenvalue weighted by molar-refractivity contribution is -0.123. The fraction of sp³-hybridized carbons (Fsp3) is 0.280. The van der Waals surface area contributed by atoms with Crippen LogP contribution >= 0.6 is 0 Å². The third kappa shape index (κ3) is 6.22. The zero-order chi connectivity index (χ0) is 22.2. The van der Waals surface area contributed by atoms with Gasteiger partial charge >= 0.3 is 0 Å². The second kappa shape index (κ2) is 10.5. The molecular formula is C25H28N2O4. The number of methoxy groups -OCH3 is 1. The Morgan fingerprint density at radius 1 is 0.968 bits per heavy atom. The summed E-state index contributed by atoms with van der Waals surface area (Å²) < 4.78 is 10.9. The summed E-state index contributed by atoms with van der Waals surface area (Å²) >= 11 is 0. The summed E-state index contributed by atoms with van der Waals surface area (Å²) in [5.41, 5.74) is 1.51. The van der Waals surface area contributed by atoms with Gasteiger partial charge in [0.15, 0.2) is 6.61 Å². The van der Waals surface area contributed by atoms with Crippen LogP contribution in [0.5, 0.6) is 11.5 Å². The molecule has 3 aromatic carbocycles. The lowest BCUT2D eigenvalue weighted by atomic mass is 10.0. The van der Waals surface area contributed by atoms with Crippen molar-refractivity contribution < 1.29 is 19.1 Å².